The SMILES string of the molecule is CCOC(=O)c1c(NCc2ccccc2)nn2cc(C(=O)N3CCC4(C=C(C)c5ccccc54)CC3)cnc12. The van der Waals surface area contributed by atoms with E-state index in [1.807, 2.05) is 35.2 Å². The van der Waals surface area contributed by atoms with E-state index < -0.39 is 5.97 Å². The van der Waals surface area contributed by atoms with Crippen molar-refractivity contribution in [2.24, 2.45) is 0 Å². The molecule has 0 unspecified atom stereocenters. The van der Waals surface area contributed by atoms with Gasteiger partial charge in [0.25, 0.3) is 5.91 Å². The van der Waals surface area contributed by atoms with Crippen molar-refractivity contribution >= 4 is 28.9 Å². The smallest absolute Gasteiger partial charge is 0.345 e. The van der Waals surface area contributed by atoms with Crippen LogP contribution in [0.15, 0.2) is 73.1 Å². The Balaban J connectivity index is 1.23. The molecule has 2 aromatic heterocycles. The third-order valence-corrected chi connectivity index (χ3v) is 7.83. The Morgan fingerprint density at radius 3 is 2.56 bits per heavy atom. The average Bonchev–Trinajstić information content (AvgIpc) is 3.47. The zero-order valence-corrected chi connectivity index (χ0v) is 22.2. The number of fused-ring (bicyclic) bond motifs is 3. The average molecular weight is 522 g/mol. The number of hydrogen-bond donors (Lipinski definition) is 1. The second-order valence-corrected chi connectivity index (χ2v) is 10.2. The van der Waals surface area contributed by atoms with Gasteiger partial charge in [-0.25, -0.2) is 14.3 Å². The minimum absolute atomic E-state index is 0.00445. The first-order valence-electron chi connectivity index (χ1n) is 13.4. The van der Waals surface area contributed by atoms with Crippen LogP contribution in [-0.2, 0) is 16.7 Å². The summed E-state index contributed by atoms with van der Waals surface area (Å²) in [6.45, 7) is 5.96. The lowest BCUT2D eigenvalue weighted by atomic mass is 9.74. The summed E-state index contributed by atoms with van der Waals surface area (Å²) in [6.07, 6.45) is 7.33. The van der Waals surface area contributed by atoms with Crippen molar-refractivity contribution in [1.29, 1.82) is 0 Å². The number of piperidine rings is 1. The van der Waals surface area contributed by atoms with E-state index in [-0.39, 0.29) is 23.5 Å². The highest BCUT2D eigenvalue weighted by Crippen LogP contribution is 2.46. The lowest BCUT2D eigenvalue weighted by Gasteiger charge is -2.39. The molecular formula is C31H31N5O3. The molecule has 3 heterocycles. The number of benzene rings is 2. The van der Waals surface area contributed by atoms with Crippen molar-refractivity contribution in [1.82, 2.24) is 19.5 Å². The van der Waals surface area contributed by atoms with Gasteiger partial charge in [-0.1, -0.05) is 60.7 Å². The van der Waals surface area contributed by atoms with Crippen molar-refractivity contribution in [3.63, 3.8) is 0 Å². The van der Waals surface area contributed by atoms with Crippen molar-refractivity contribution < 1.29 is 14.3 Å². The zero-order chi connectivity index (χ0) is 27.0. The summed E-state index contributed by atoms with van der Waals surface area (Å²) >= 11 is 0. The predicted molar refractivity (Wildman–Crippen MR) is 150 cm³/mol. The zero-order valence-electron chi connectivity index (χ0n) is 22.2. The van der Waals surface area contributed by atoms with Gasteiger partial charge < -0.3 is 15.0 Å². The minimum atomic E-state index is -0.504. The molecule has 2 aliphatic rings. The standard InChI is InChI=1S/C31H31N5O3/c1-3-39-30(38)26-27(32-18-22-9-5-4-6-10-22)34-36-20-23(19-33-28(26)36)29(37)35-15-13-31(14-16-35)17-21(2)24-11-7-8-12-25(24)31/h4-12,17,19-20H,3,13-16,18H2,1-2H3,(H,32,34). The molecule has 8 nitrogen and oxygen atoms in total. The Labute approximate surface area is 227 Å². The maximum atomic E-state index is 13.5. The number of esters is 1. The fraction of sp³-hybridized carbons (Fsp3) is 0.290. The third kappa shape index (κ3) is 4.46. The van der Waals surface area contributed by atoms with Crippen molar-refractivity contribution in [2.75, 3.05) is 25.0 Å². The summed E-state index contributed by atoms with van der Waals surface area (Å²) < 4.78 is 6.78. The summed E-state index contributed by atoms with van der Waals surface area (Å²) in [5.41, 5.74) is 6.09. The molecule has 0 bridgehead atoms. The van der Waals surface area contributed by atoms with Crippen LogP contribution < -0.4 is 5.32 Å². The Morgan fingerprint density at radius 1 is 1.05 bits per heavy atom. The Hall–Kier alpha value is -4.46. The molecule has 0 saturated carbocycles. The van der Waals surface area contributed by atoms with E-state index in [9.17, 15) is 9.59 Å². The quantitative estimate of drug-likeness (QED) is 0.355. The summed E-state index contributed by atoms with van der Waals surface area (Å²) in [6, 6.07) is 18.4. The van der Waals surface area contributed by atoms with Crippen LogP contribution in [0.4, 0.5) is 5.82 Å². The number of nitrogens with zero attached hydrogens (tertiary/aromatic N) is 4. The maximum Gasteiger partial charge on any atom is 0.345 e. The van der Waals surface area contributed by atoms with E-state index in [4.69, 9.17) is 4.74 Å². The predicted octanol–water partition coefficient (Wildman–Crippen LogP) is 5.11. The summed E-state index contributed by atoms with van der Waals surface area (Å²) in [7, 11) is 0. The second-order valence-electron chi connectivity index (χ2n) is 10.2. The van der Waals surface area contributed by atoms with Crippen molar-refractivity contribution in [3.05, 3.63) is 101 Å². The number of amides is 1. The highest BCUT2D eigenvalue weighted by molar-refractivity contribution is 6.01. The number of aromatic nitrogens is 3. The molecule has 0 atom stereocenters. The largest absolute Gasteiger partial charge is 0.462 e. The molecule has 2 aromatic carbocycles. The number of likely N-dealkylation sites (tertiary alicyclic amines) is 1. The molecule has 1 aliphatic carbocycles. The van der Waals surface area contributed by atoms with Gasteiger partial charge in [0, 0.05) is 37.4 Å². The van der Waals surface area contributed by atoms with Gasteiger partial charge in [0.15, 0.2) is 11.5 Å². The molecule has 1 aliphatic heterocycles. The number of nitrogens with one attached hydrogen (secondary N) is 1. The van der Waals surface area contributed by atoms with E-state index >= 15 is 0 Å². The molecule has 39 heavy (non-hydrogen) atoms. The van der Waals surface area contributed by atoms with Gasteiger partial charge in [-0.3, -0.25) is 4.79 Å². The summed E-state index contributed by atoms with van der Waals surface area (Å²) in [5, 5.41) is 7.81. The number of hydrogen-bond acceptors (Lipinski definition) is 6. The normalized spacial score (nSPS) is 15.7. The third-order valence-electron chi connectivity index (χ3n) is 7.83. The minimum Gasteiger partial charge on any atom is -0.462 e. The number of carbonyl (C=O) groups excluding carboxylic acids is 2. The lowest BCUT2D eigenvalue weighted by molar-refractivity contribution is 0.0529. The Morgan fingerprint density at radius 2 is 1.79 bits per heavy atom. The number of anilines is 1. The maximum absolute atomic E-state index is 13.5. The van der Waals surface area contributed by atoms with Crippen LogP contribution in [0.25, 0.3) is 11.2 Å². The number of ether oxygens (including phenoxy) is 1. The van der Waals surface area contributed by atoms with Crippen molar-refractivity contribution in [2.45, 2.75) is 38.6 Å². The van der Waals surface area contributed by atoms with Crippen LogP contribution >= 0.6 is 0 Å². The molecule has 1 saturated heterocycles. The van der Waals surface area contributed by atoms with E-state index in [0.29, 0.717) is 36.7 Å². The molecule has 1 spiro atoms. The first-order valence-corrected chi connectivity index (χ1v) is 13.4. The van der Waals surface area contributed by atoms with Crippen LogP contribution in [0.1, 0.15) is 64.1 Å². The second kappa shape index (κ2) is 10.0. The molecule has 1 N–H and O–H groups in total. The number of allylic oxidation sites excluding steroid dienone is 2. The van der Waals surface area contributed by atoms with Crippen LogP contribution in [0.2, 0.25) is 0 Å². The number of carbonyl (C=O) groups is 2. The van der Waals surface area contributed by atoms with Gasteiger partial charge in [-0.15, -0.1) is 5.10 Å². The molecule has 8 heteroatoms. The highest BCUT2D eigenvalue weighted by Gasteiger charge is 2.40. The Bertz CT molecular complexity index is 1580. The molecule has 198 valence electrons. The van der Waals surface area contributed by atoms with Gasteiger partial charge in [-0.05, 0) is 49.0 Å². The topological polar surface area (TPSA) is 88.8 Å². The van der Waals surface area contributed by atoms with Gasteiger partial charge >= 0.3 is 5.97 Å². The van der Waals surface area contributed by atoms with Gasteiger partial charge in [0.1, 0.15) is 5.56 Å². The fourth-order valence-corrected chi connectivity index (χ4v) is 5.88. The monoisotopic (exact) mass is 521 g/mol. The molecule has 0 radical (unpaired) electrons. The van der Waals surface area contributed by atoms with Crippen LogP contribution in [0.3, 0.4) is 0 Å². The van der Waals surface area contributed by atoms with E-state index in [0.717, 1.165) is 18.4 Å². The lowest BCUT2D eigenvalue weighted by Crippen LogP contribution is -2.44. The van der Waals surface area contributed by atoms with E-state index in [2.05, 4.69) is 52.7 Å². The molecule has 1 amide bonds. The highest BCUT2D eigenvalue weighted by atomic mass is 16.5. The van der Waals surface area contributed by atoms with Crippen LogP contribution in [0.5, 0.6) is 0 Å². The van der Waals surface area contributed by atoms with Crippen LogP contribution in [-0.4, -0.2) is 51.1 Å². The summed E-state index contributed by atoms with van der Waals surface area (Å²) in [5.74, 6) is -0.217. The fourth-order valence-electron chi connectivity index (χ4n) is 5.88. The van der Waals surface area contributed by atoms with Crippen molar-refractivity contribution in [3.8, 4) is 0 Å². The Kier molecular flexibility index (Phi) is 6.38. The van der Waals surface area contributed by atoms with Gasteiger partial charge in [0.05, 0.1) is 12.2 Å². The summed E-state index contributed by atoms with van der Waals surface area (Å²) in [4.78, 5) is 32.7. The first-order chi connectivity index (χ1) is 19.0. The van der Waals surface area contributed by atoms with Gasteiger partial charge in [-0.2, -0.15) is 0 Å². The molecule has 6 rings (SSSR count). The van der Waals surface area contributed by atoms with Gasteiger partial charge in [0.2, 0.25) is 0 Å². The number of rotatable bonds is 6. The molecule has 1 fully saturated rings. The van der Waals surface area contributed by atoms with Crippen LogP contribution in [0, 0.1) is 0 Å². The molecular weight excluding hydrogens is 490 g/mol. The first kappa shape index (κ1) is 24.9. The van der Waals surface area contributed by atoms with E-state index in [1.165, 1.54) is 27.4 Å². The van der Waals surface area contributed by atoms with E-state index in [1.54, 1.807) is 13.1 Å². The molecule has 4 aromatic rings.